The van der Waals surface area contributed by atoms with E-state index in [4.69, 9.17) is 10.5 Å². The molecule has 0 aromatic carbocycles. The first-order valence-electron chi connectivity index (χ1n) is 6.57. The molecule has 19 heavy (non-hydrogen) atoms. The Hall–Kier alpha value is -1.30. The Bertz CT molecular complexity index is 417. The molecule has 2 rings (SSSR count). The summed E-state index contributed by atoms with van der Waals surface area (Å²) < 4.78 is 5.31. The number of nitrogens with zero attached hydrogens (tertiary/aromatic N) is 1. The van der Waals surface area contributed by atoms with Gasteiger partial charge in [0, 0.05) is 25.0 Å². The van der Waals surface area contributed by atoms with Gasteiger partial charge in [-0.05, 0) is 33.6 Å². The average molecular weight is 270 g/mol. The number of aliphatic carboxylic acids is 1. The number of carboxylic acids is 1. The zero-order valence-corrected chi connectivity index (χ0v) is 11.7. The number of hydrogen-bond acceptors (Lipinski definition) is 4. The fraction of sp³-hybridized carbons (Fsp3) is 0.846. The van der Waals surface area contributed by atoms with Crippen LogP contribution in [-0.2, 0) is 9.53 Å². The third-order valence-corrected chi connectivity index (χ3v) is 4.29. The van der Waals surface area contributed by atoms with Crippen LogP contribution in [-0.4, -0.2) is 47.3 Å². The zero-order valence-electron chi connectivity index (χ0n) is 11.7. The van der Waals surface area contributed by atoms with E-state index in [1.807, 2.05) is 20.8 Å². The predicted molar refractivity (Wildman–Crippen MR) is 68.6 cm³/mol. The molecule has 1 saturated heterocycles. The van der Waals surface area contributed by atoms with Crippen molar-refractivity contribution in [1.82, 2.24) is 4.90 Å². The minimum Gasteiger partial charge on any atom is -0.481 e. The van der Waals surface area contributed by atoms with Gasteiger partial charge in [0.15, 0.2) is 0 Å². The molecule has 0 aromatic rings. The number of nitrogens with two attached hydrogens (primary N) is 1. The number of carboxylic acid groups (broad SMARTS) is 1. The lowest BCUT2D eigenvalue weighted by Crippen LogP contribution is -2.37. The van der Waals surface area contributed by atoms with Gasteiger partial charge in [-0.3, -0.25) is 4.79 Å². The lowest BCUT2D eigenvalue weighted by atomic mass is 9.92. The van der Waals surface area contributed by atoms with Crippen molar-refractivity contribution in [1.29, 1.82) is 0 Å². The predicted octanol–water partition coefficient (Wildman–Crippen LogP) is 1.05. The quantitative estimate of drug-likeness (QED) is 0.782. The van der Waals surface area contributed by atoms with E-state index < -0.39 is 17.0 Å². The van der Waals surface area contributed by atoms with E-state index in [-0.39, 0.29) is 18.1 Å². The summed E-state index contributed by atoms with van der Waals surface area (Å²) in [6, 6.07) is 0. The molecule has 2 unspecified atom stereocenters. The molecule has 6 heteroatoms. The van der Waals surface area contributed by atoms with Gasteiger partial charge in [-0.2, -0.15) is 0 Å². The van der Waals surface area contributed by atoms with Crippen molar-refractivity contribution < 1.29 is 19.4 Å². The number of amides is 1. The standard InChI is InChI=1S/C13H22N2O4/c1-11(2,3)19-10(18)15-5-4-12(8-15)6-13(12,7-14)9(16)17/h4-8,14H2,1-3H3,(H,16,17). The van der Waals surface area contributed by atoms with Gasteiger partial charge in [0.1, 0.15) is 5.60 Å². The molecule has 3 N–H and O–H groups in total. The van der Waals surface area contributed by atoms with Gasteiger partial charge in [-0.25, -0.2) is 4.79 Å². The Morgan fingerprint density at radius 1 is 1.42 bits per heavy atom. The van der Waals surface area contributed by atoms with Crippen LogP contribution in [0.5, 0.6) is 0 Å². The monoisotopic (exact) mass is 270 g/mol. The average Bonchev–Trinajstić information content (AvgIpc) is 2.68. The van der Waals surface area contributed by atoms with Crippen LogP contribution in [0.25, 0.3) is 0 Å². The summed E-state index contributed by atoms with van der Waals surface area (Å²) in [5.41, 5.74) is 3.91. The van der Waals surface area contributed by atoms with E-state index in [0.717, 1.165) is 0 Å². The highest BCUT2D eigenvalue weighted by molar-refractivity contribution is 5.81. The Labute approximate surface area is 112 Å². The minimum atomic E-state index is -0.846. The van der Waals surface area contributed by atoms with Crippen LogP contribution in [0.3, 0.4) is 0 Å². The second-order valence-electron chi connectivity index (χ2n) is 6.70. The first-order valence-corrected chi connectivity index (χ1v) is 6.57. The van der Waals surface area contributed by atoms with Gasteiger partial charge in [0.05, 0.1) is 5.41 Å². The van der Waals surface area contributed by atoms with Crippen LogP contribution in [0.2, 0.25) is 0 Å². The van der Waals surface area contributed by atoms with Crippen LogP contribution >= 0.6 is 0 Å². The van der Waals surface area contributed by atoms with E-state index in [0.29, 0.717) is 25.9 Å². The van der Waals surface area contributed by atoms with Gasteiger partial charge in [-0.15, -0.1) is 0 Å². The van der Waals surface area contributed by atoms with E-state index in [1.165, 1.54) is 0 Å². The van der Waals surface area contributed by atoms with Crippen molar-refractivity contribution in [3.8, 4) is 0 Å². The topological polar surface area (TPSA) is 92.9 Å². The van der Waals surface area contributed by atoms with Crippen molar-refractivity contribution >= 4 is 12.1 Å². The highest BCUT2D eigenvalue weighted by atomic mass is 16.6. The lowest BCUT2D eigenvalue weighted by molar-refractivity contribution is -0.144. The van der Waals surface area contributed by atoms with Crippen molar-refractivity contribution in [3.63, 3.8) is 0 Å². The highest BCUT2D eigenvalue weighted by Gasteiger charge is 2.73. The molecule has 2 fully saturated rings. The highest BCUT2D eigenvalue weighted by Crippen LogP contribution is 2.67. The van der Waals surface area contributed by atoms with E-state index in [9.17, 15) is 14.7 Å². The number of carbonyl (C=O) groups excluding carboxylic acids is 1. The maximum atomic E-state index is 12.0. The third-order valence-electron chi connectivity index (χ3n) is 4.29. The second-order valence-corrected chi connectivity index (χ2v) is 6.70. The first-order chi connectivity index (χ1) is 8.66. The first kappa shape index (κ1) is 14.1. The fourth-order valence-electron chi connectivity index (χ4n) is 3.10. The Morgan fingerprint density at radius 2 is 2.05 bits per heavy atom. The minimum absolute atomic E-state index is 0.129. The molecule has 6 nitrogen and oxygen atoms in total. The lowest BCUT2D eigenvalue weighted by Gasteiger charge is -2.25. The van der Waals surface area contributed by atoms with Crippen LogP contribution in [0.15, 0.2) is 0 Å². The maximum absolute atomic E-state index is 12.0. The smallest absolute Gasteiger partial charge is 0.410 e. The number of carbonyl (C=O) groups is 2. The summed E-state index contributed by atoms with van der Waals surface area (Å²) in [5, 5.41) is 9.33. The number of hydrogen-bond donors (Lipinski definition) is 2. The second kappa shape index (κ2) is 4.10. The van der Waals surface area contributed by atoms with Gasteiger partial charge in [-0.1, -0.05) is 0 Å². The van der Waals surface area contributed by atoms with Crippen LogP contribution < -0.4 is 5.73 Å². The summed E-state index contributed by atoms with van der Waals surface area (Å²) in [5.74, 6) is -0.846. The van der Waals surface area contributed by atoms with E-state index in [1.54, 1.807) is 4.90 Å². The third kappa shape index (κ3) is 2.18. The molecule has 2 atom stereocenters. The zero-order chi connectivity index (χ0) is 14.5. The molecule has 1 saturated carbocycles. The molecular weight excluding hydrogens is 248 g/mol. The molecule has 1 heterocycles. The molecule has 0 radical (unpaired) electrons. The number of rotatable bonds is 2. The van der Waals surface area contributed by atoms with Gasteiger partial charge in [0.2, 0.25) is 0 Å². The summed E-state index contributed by atoms with van der Waals surface area (Å²) >= 11 is 0. The van der Waals surface area contributed by atoms with Gasteiger partial charge < -0.3 is 20.5 Å². The summed E-state index contributed by atoms with van der Waals surface area (Å²) in [6.45, 7) is 6.56. The molecule has 108 valence electrons. The summed E-state index contributed by atoms with van der Waals surface area (Å²) in [6.07, 6.45) is 0.883. The Kier molecular flexibility index (Phi) is 3.04. The molecular formula is C13H22N2O4. The maximum Gasteiger partial charge on any atom is 0.410 e. The number of likely N-dealkylation sites (tertiary alicyclic amines) is 1. The van der Waals surface area contributed by atoms with E-state index >= 15 is 0 Å². The van der Waals surface area contributed by atoms with Gasteiger partial charge >= 0.3 is 12.1 Å². The number of ether oxygens (including phenoxy) is 1. The van der Waals surface area contributed by atoms with E-state index in [2.05, 4.69) is 0 Å². The molecule has 1 amide bonds. The molecule has 1 spiro atoms. The Morgan fingerprint density at radius 3 is 2.47 bits per heavy atom. The van der Waals surface area contributed by atoms with Gasteiger partial charge in [0.25, 0.3) is 0 Å². The fourth-order valence-corrected chi connectivity index (χ4v) is 3.10. The SMILES string of the molecule is CC(C)(C)OC(=O)N1CCC2(C1)CC2(CN)C(=O)O. The normalized spacial score (nSPS) is 33.6. The summed E-state index contributed by atoms with van der Waals surface area (Å²) in [4.78, 5) is 24.9. The Balaban J connectivity index is 2.02. The van der Waals surface area contributed by atoms with Crippen LogP contribution in [0.4, 0.5) is 4.79 Å². The largest absolute Gasteiger partial charge is 0.481 e. The van der Waals surface area contributed by atoms with Crippen molar-refractivity contribution in [2.45, 2.75) is 39.2 Å². The van der Waals surface area contributed by atoms with Crippen LogP contribution in [0.1, 0.15) is 33.6 Å². The van der Waals surface area contributed by atoms with Crippen LogP contribution in [0, 0.1) is 10.8 Å². The molecule has 1 aliphatic heterocycles. The molecule has 2 aliphatic rings. The molecule has 0 aromatic heterocycles. The molecule has 1 aliphatic carbocycles. The van der Waals surface area contributed by atoms with Crippen molar-refractivity contribution in [2.24, 2.45) is 16.6 Å². The molecule has 0 bridgehead atoms. The van der Waals surface area contributed by atoms with Crippen molar-refractivity contribution in [2.75, 3.05) is 19.6 Å². The van der Waals surface area contributed by atoms with Crippen molar-refractivity contribution in [3.05, 3.63) is 0 Å². The summed E-state index contributed by atoms with van der Waals surface area (Å²) in [7, 11) is 0.